The molecule has 1 aliphatic heterocycles. The number of nitrogens with zero attached hydrogens (tertiary/aromatic N) is 2. The Morgan fingerprint density at radius 3 is 2.64 bits per heavy atom. The Bertz CT molecular complexity index is 612. The van der Waals surface area contributed by atoms with Crippen molar-refractivity contribution in [3.05, 3.63) is 22.4 Å². The molecular weight excluding hydrogens is 471 g/mol. The van der Waals surface area contributed by atoms with Gasteiger partial charge >= 0.3 is 0 Å². The molecule has 0 bridgehead atoms. The van der Waals surface area contributed by atoms with E-state index in [1.54, 1.807) is 15.6 Å². The molecule has 0 amide bonds. The molecule has 144 valence electrons. The fourth-order valence-electron chi connectivity index (χ4n) is 2.74. The smallest absolute Gasteiger partial charge is 0.211 e. The number of guanidine groups is 1. The van der Waals surface area contributed by atoms with Crippen LogP contribution in [-0.2, 0) is 16.4 Å². The number of nitrogens with one attached hydrogen (secondary N) is 2. The van der Waals surface area contributed by atoms with Crippen LogP contribution < -0.4 is 10.6 Å². The van der Waals surface area contributed by atoms with Gasteiger partial charge in [-0.1, -0.05) is 6.07 Å². The van der Waals surface area contributed by atoms with Crippen LogP contribution in [-0.4, -0.2) is 57.7 Å². The Kier molecular flexibility index (Phi) is 10.3. The molecule has 0 aliphatic carbocycles. The number of hydrogen-bond donors (Lipinski definition) is 2. The van der Waals surface area contributed by atoms with Crippen molar-refractivity contribution in [1.29, 1.82) is 0 Å². The first kappa shape index (κ1) is 22.7. The Hall–Kier alpha value is -0.390. The fraction of sp³-hybridized carbons (Fsp3) is 0.688. The lowest BCUT2D eigenvalue weighted by Crippen LogP contribution is -2.40. The van der Waals surface area contributed by atoms with Crippen molar-refractivity contribution >= 4 is 51.3 Å². The summed E-state index contributed by atoms with van der Waals surface area (Å²) < 4.78 is 24.6. The average molecular weight is 500 g/mol. The lowest BCUT2D eigenvalue weighted by atomic mass is 9.98. The normalized spacial score (nSPS) is 17.1. The summed E-state index contributed by atoms with van der Waals surface area (Å²) in [5.41, 5.74) is 0. The van der Waals surface area contributed by atoms with Gasteiger partial charge in [0.1, 0.15) is 0 Å². The van der Waals surface area contributed by atoms with Gasteiger partial charge in [-0.15, -0.1) is 35.3 Å². The first-order chi connectivity index (χ1) is 11.5. The van der Waals surface area contributed by atoms with Crippen LogP contribution in [0.4, 0.5) is 0 Å². The van der Waals surface area contributed by atoms with Crippen LogP contribution in [0.15, 0.2) is 22.5 Å². The lowest BCUT2D eigenvalue weighted by Gasteiger charge is -2.29. The minimum atomic E-state index is -3.05. The monoisotopic (exact) mass is 500 g/mol. The molecule has 1 aliphatic rings. The first-order valence-corrected chi connectivity index (χ1v) is 11.2. The summed E-state index contributed by atoms with van der Waals surface area (Å²) in [5.74, 6) is 1.30. The molecule has 0 unspecified atom stereocenters. The molecule has 1 aromatic rings. The minimum Gasteiger partial charge on any atom is -0.357 e. The molecule has 1 aromatic heterocycles. The zero-order valence-corrected chi connectivity index (χ0v) is 18.9. The van der Waals surface area contributed by atoms with Gasteiger partial charge in [0.2, 0.25) is 10.0 Å². The summed E-state index contributed by atoms with van der Waals surface area (Å²) in [7, 11) is -3.05. The van der Waals surface area contributed by atoms with Crippen LogP contribution >= 0.6 is 35.3 Å². The first-order valence-electron chi connectivity index (χ1n) is 8.48. The van der Waals surface area contributed by atoms with Crippen LogP contribution in [0.3, 0.4) is 0 Å². The van der Waals surface area contributed by atoms with E-state index in [1.807, 2.05) is 0 Å². The summed E-state index contributed by atoms with van der Waals surface area (Å²) >= 11 is 1.77. The highest BCUT2D eigenvalue weighted by Gasteiger charge is 2.24. The topological polar surface area (TPSA) is 73.8 Å². The number of halogens is 1. The van der Waals surface area contributed by atoms with E-state index in [0.29, 0.717) is 19.0 Å². The predicted octanol–water partition coefficient (Wildman–Crippen LogP) is 2.14. The molecule has 25 heavy (non-hydrogen) atoms. The van der Waals surface area contributed by atoms with E-state index in [-0.39, 0.29) is 24.0 Å². The van der Waals surface area contributed by atoms with E-state index in [0.717, 1.165) is 44.9 Å². The SMILES string of the molecule is CCNC(=NCC1CCN(S(C)(=O)=O)CC1)NCCc1cccs1.I. The molecule has 2 heterocycles. The Labute approximate surface area is 172 Å². The van der Waals surface area contributed by atoms with Crippen molar-refractivity contribution in [3.8, 4) is 0 Å². The lowest BCUT2D eigenvalue weighted by molar-refractivity contribution is 0.280. The van der Waals surface area contributed by atoms with Crippen molar-refractivity contribution in [2.24, 2.45) is 10.9 Å². The average Bonchev–Trinajstić information content (AvgIpc) is 3.05. The second kappa shape index (κ2) is 11.3. The van der Waals surface area contributed by atoms with Gasteiger partial charge in [-0.05, 0) is 43.6 Å². The van der Waals surface area contributed by atoms with E-state index < -0.39 is 10.0 Å². The van der Waals surface area contributed by atoms with E-state index in [4.69, 9.17) is 0 Å². The highest BCUT2D eigenvalue weighted by Crippen LogP contribution is 2.19. The van der Waals surface area contributed by atoms with Crippen LogP contribution in [0, 0.1) is 5.92 Å². The number of sulfonamides is 1. The molecule has 9 heteroatoms. The zero-order valence-electron chi connectivity index (χ0n) is 14.9. The van der Waals surface area contributed by atoms with Gasteiger partial charge in [-0.2, -0.15) is 0 Å². The summed E-state index contributed by atoms with van der Waals surface area (Å²) in [6.45, 7) is 5.71. The number of thiophene rings is 1. The van der Waals surface area contributed by atoms with E-state index >= 15 is 0 Å². The highest BCUT2D eigenvalue weighted by molar-refractivity contribution is 14.0. The van der Waals surface area contributed by atoms with Gasteiger partial charge in [-0.3, -0.25) is 4.99 Å². The fourth-order valence-corrected chi connectivity index (χ4v) is 4.33. The van der Waals surface area contributed by atoms with E-state index in [9.17, 15) is 8.42 Å². The molecule has 0 radical (unpaired) electrons. The van der Waals surface area contributed by atoms with Crippen LogP contribution in [0.1, 0.15) is 24.6 Å². The van der Waals surface area contributed by atoms with Gasteiger partial charge in [-0.25, -0.2) is 12.7 Å². The molecule has 1 fully saturated rings. The van der Waals surface area contributed by atoms with Gasteiger partial charge in [0, 0.05) is 37.6 Å². The molecule has 2 N–H and O–H groups in total. The second-order valence-corrected chi connectivity index (χ2v) is 9.10. The zero-order chi connectivity index (χ0) is 17.4. The van der Waals surface area contributed by atoms with E-state index in [1.165, 1.54) is 11.1 Å². The maximum Gasteiger partial charge on any atom is 0.211 e. The summed E-state index contributed by atoms with van der Waals surface area (Å²) in [6, 6.07) is 4.22. The van der Waals surface area contributed by atoms with Gasteiger partial charge in [0.15, 0.2) is 5.96 Å². The van der Waals surface area contributed by atoms with Crippen molar-refractivity contribution in [2.75, 3.05) is 39.0 Å². The molecular formula is C16H29IN4O2S2. The van der Waals surface area contributed by atoms with Gasteiger partial charge < -0.3 is 10.6 Å². The van der Waals surface area contributed by atoms with Crippen molar-refractivity contribution in [3.63, 3.8) is 0 Å². The standard InChI is InChI=1S/C16H28N4O2S2.HI/c1-3-17-16(18-9-6-15-5-4-12-23-15)19-13-14-7-10-20(11-8-14)24(2,21)22;/h4-5,12,14H,3,6-11,13H2,1-2H3,(H2,17,18,19);1H. The molecule has 0 saturated carbocycles. The van der Waals surface area contributed by atoms with Gasteiger partial charge in [0.05, 0.1) is 6.26 Å². The van der Waals surface area contributed by atoms with E-state index in [2.05, 4.69) is 40.1 Å². The molecule has 1 saturated heterocycles. The molecule has 2 rings (SSSR count). The Morgan fingerprint density at radius 1 is 1.36 bits per heavy atom. The number of hydrogen-bond acceptors (Lipinski definition) is 4. The second-order valence-electron chi connectivity index (χ2n) is 6.08. The largest absolute Gasteiger partial charge is 0.357 e. The number of piperidine rings is 1. The maximum atomic E-state index is 11.5. The number of rotatable bonds is 7. The Morgan fingerprint density at radius 2 is 2.08 bits per heavy atom. The van der Waals surface area contributed by atoms with Crippen molar-refractivity contribution in [1.82, 2.24) is 14.9 Å². The van der Waals surface area contributed by atoms with Crippen molar-refractivity contribution in [2.45, 2.75) is 26.2 Å². The summed E-state index contributed by atoms with van der Waals surface area (Å²) in [6.07, 6.45) is 4.04. The van der Waals surface area contributed by atoms with Crippen LogP contribution in [0.2, 0.25) is 0 Å². The quantitative estimate of drug-likeness (QED) is 0.342. The van der Waals surface area contributed by atoms with Crippen LogP contribution in [0.25, 0.3) is 0 Å². The number of aliphatic imine (C=N–C) groups is 1. The summed E-state index contributed by atoms with van der Waals surface area (Å²) in [4.78, 5) is 6.04. The molecule has 0 spiro atoms. The molecule has 0 aromatic carbocycles. The third-order valence-electron chi connectivity index (χ3n) is 4.14. The van der Waals surface area contributed by atoms with Gasteiger partial charge in [0.25, 0.3) is 0 Å². The van der Waals surface area contributed by atoms with Crippen LogP contribution in [0.5, 0.6) is 0 Å². The Balaban J connectivity index is 0.00000312. The third-order valence-corrected chi connectivity index (χ3v) is 6.38. The molecule has 6 nitrogen and oxygen atoms in total. The minimum absolute atomic E-state index is 0. The predicted molar refractivity (Wildman–Crippen MR) is 117 cm³/mol. The maximum absolute atomic E-state index is 11.5. The third kappa shape index (κ3) is 8.23. The van der Waals surface area contributed by atoms with Crippen molar-refractivity contribution < 1.29 is 8.42 Å². The summed E-state index contributed by atoms with van der Waals surface area (Å²) in [5, 5.41) is 8.74. The molecule has 0 atom stereocenters. The highest BCUT2D eigenvalue weighted by atomic mass is 127.